The Morgan fingerprint density at radius 2 is 1.96 bits per heavy atom. The highest BCUT2D eigenvalue weighted by Gasteiger charge is 2.34. The van der Waals surface area contributed by atoms with Gasteiger partial charge in [0.2, 0.25) is 5.82 Å². The number of hydrogen-bond acceptors (Lipinski definition) is 5. The topological polar surface area (TPSA) is 74.5 Å². The molecular weight excluding hydrogens is 319 g/mol. The van der Waals surface area contributed by atoms with Crippen LogP contribution in [-0.4, -0.2) is 22.0 Å². The fourth-order valence-electron chi connectivity index (χ4n) is 2.49. The van der Waals surface area contributed by atoms with Gasteiger partial charge in [0, 0.05) is 30.4 Å². The van der Waals surface area contributed by atoms with E-state index in [9.17, 15) is 18.4 Å². The van der Waals surface area contributed by atoms with E-state index in [-0.39, 0.29) is 5.92 Å². The van der Waals surface area contributed by atoms with Crippen LogP contribution in [0.3, 0.4) is 0 Å². The Balaban J connectivity index is 2.06. The van der Waals surface area contributed by atoms with Crippen LogP contribution in [0.1, 0.15) is 41.4 Å². The van der Waals surface area contributed by atoms with E-state index < -0.39 is 12.0 Å². The minimum Gasteiger partial charge on any atom is -0.316 e. The summed E-state index contributed by atoms with van der Waals surface area (Å²) in [5, 5.41) is 12.4. The van der Waals surface area contributed by atoms with Crippen molar-refractivity contribution in [1.29, 1.82) is 5.26 Å². The summed E-state index contributed by atoms with van der Waals surface area (Å²) in [5.41, 5.74) is 2.90. The molecule has 3 rings (SSSR count). The molecule has 0 aliphatic heterocycles. The minimum atomic E-state index is -4.58. The molecule has 0 unspecified atom stereocenters. The Labute approximate surface area is 136 Å². The predicted octanol–water partition coefficient (Wildman–Crippen LogP) is 3.03. The standard InChI is InChI=1S/C16H14F3N5/c1-21-6-10-4-13(24-14(9-2-3-9)12(10)5-20)11-7-22-15(23-8-11)16(17,18)19/h4,7-9,21H,2-3,6H2,1H3. The lowest BCUT2D eigenvalue weighted by molar-refractivity contribution is -0.144. The van der Waals surface area contributed by atoms with Gasteiger partial charge in [-0.1, -0.05) is 0 Å². The number of hydrogen-bond donors (Lipinski definition) is 1. The van der Waals surface area contributed by atoms with Crippen molar-refractivity contribution in [2.75, 3.05) is 7.05 Å². The van der Waals surface area contributed by atoms with Crippen molar-refractivity contribution in [2.24, 2.45) is 0 Å². The monoisotopic (exact) mass is 333 g/mol. The molecule has 1 fully saturated rings. The fourth-order valence-corrected chi connectivity index (χ4v) is 2.49. The average molecular weight is 333 g/mol. The van der Waals surface area contributed by atoms with E-state index >= 15 is 0 Å². The number of nitrogens with zero attached hydrogens (tertiary/aromatic N) is 4. The number of rotatable bonds is 4. The smallest absolute Gasteiger partial charge is 0.316 e. The molecule has 1 saturated carbocycles. The molecule has 2 aromatic heterocycles. The van der Waals surface area contributed by atoms with Gasteiger partial charge in [0.1, 0.15) is 6.07 Å². The second-order valence-electron chi connectivity index (χ2n) is 5.64. The van der Waals surface area contributed by atoms with Crippen LogP contribution in [-0.2, 0) is 12.7 Å². The Hall–Kier alpha value is -2.53. The fraction of sp³-hybridized carbons (Fsp3) is 0.375. The summed E-state index contributed by atoms with van der Waals surface area (Å²) in [6, 6.07) is 3.90. The molecule has 0 bridgehead atoms. The molecule has 0 aromatic carbocycles. The van der Waals surface area contributed by atoms with Gasteiger partial charge in [-0.15, -0.1) is 0 Å². The third-order valence-electron chi connectivity index (χ3n) is 3.77. The van der Waals surface area contributed by atoms with E-state index in [0.29, 0.717) is 29.1 Å². The van der Waals surface area contributed by atoms with Crippen molar-refractivity contribution in [2.45, 2.75) is 31.5 Å². The summed E-state index contributed by atoms with van der Waals surface area (Å²) < 4.78 is 37.7. The second kappa shape index (κ2) is 6.17. The first-order valence-corrected chi connectivity index (χ1v) is 7.42. The minimum absolute atomic E-state index is 0.241. The molecule has 8 heteroatoms. The highest BCUT2D eigenvalue weighted by molar-refractivity contribution is 5.61. The van der Waals surface area contributed by atoms with Crippen LogP contribution in [0.5, 0.6) is 0 Å². The van der Waals surface area contributed by atoms with Crippen LogP contribution in [0.15, 0.2) is 18.5 Å². The van der Waals surface area contributed by atoms with E-state index in [1.165, 1.54) is 0 Å². The predicted molar refractivity (Wildman–Crippen MR) is 79.7 cm³/mol. The molecule has 2 heterocycles. The summed E-state index contributed by atoms with van der Waals surface area (Å²) >= 11 is 0. The molecule has 5 nitrogen and oxygen atoms in total. The Morgan fingerprint density at radius 1 is 1.29 bits per heavy atom. The maximum Gasteiger partial charge on any atom is 0.451 e. The highest BCUT2D eigenvalue weighted by atomic mass is 19.4. The number of nitriles is 1. The summed E-state index contributed by atoms with van der Waals surface area (Å²) in [6.07, 6.45) is -0.414. The first kappa shape index (κ1) is 16.3. The van der Waals surface area contributed by atoms with E-state index in [1.54, 1.807) is 13.1 Å². The van der Waals surface area contributed by atoms with Crippen LogP contribution >= 0.6 is 0 Å². The van der Waals surface area contributed by atoms with Gasteiger partial charge in [-0.3, -0.25) is 4.98 Å². The maximum absolute atomic E-state index is 12.6. The van der Waals surface area contributed by atoms with Crippen LogP contribution in [0.4, 0.5) is 13.2 Å². The van der Waals surface area contributed by atoms with Gasteiger partial charge in [0.15, 0.2) is 0 Å². The van der Waals surface area contributed by atoms with Gasteiger partial charge in [-0.05, 0) is 31.5 Å². The Kier molecular flexibility index (Phi) is 4.20. The van der Waals surface area contributed by atoms with Gasteiger partial charge in [-0.25, -0.2) is 9.97 Å². The SMILES string of the molecule is CNCc1cc(-c2cnc(C(F)(F)F)nc2)nc(C2CC2)c1C#N. The van der Waals surface area contributed by atoms with Crippen molar-refractivity contribution in [3.05, 3.63) is 41.1 Å². The first-order chi connectivity index (χ1) is 11.4. The Morgan fingerprint density at radius 3 is 2.46 bits per heavy atom. The number of pyridine rings is 1. The van der Waals surface area contributed by atoms with Gasteiger partial charge in [0.05, 0.1) is 17.0 Å². The van der Waals surface area contributed by atoms with E-state index in [2.05, 4.69) is 26.3 Å². The first-order valence-electron chi connectivity index (χ1n) is 7.42. The molecule has 0 saturated heterocycles. The number of nitrogens with one attached hydrogen (secondary N) is 1. The van der Waals surface area contributed by atoms with Gasteiger partial charge in [0.25, 0.3) is 0 Å². The van der Waals surface area contributed by atoms with Crippen LogP contribution in [0.25, 0.3) is 11.3 Å². The normalized spacial score (nSPS) is 14.5. The third kappa shape index (κ3) is 3.21. The average Bonchev–Trinajstić information content (AvgIpc) is 3.38. The zero-order valence-electron chi connectivity index (χ0n) is 12.9. The lowest BCUT2D eigenvalue weighted by Crippen LogP contribution is -2.11. The van der Waals surface area contributed by atoms with Gasteiger partial charge < -0.3 is 5.32 Å². The Bertz CT molecular complexity index is 789. The molecule has 24 heavy (non-hydrogen) atoms. The van der Waals surface area contributed by atoms with E-state index in [1.807, 2.05) is 0 Å². The molecule has 0 atom stereocenters. The van der Waals surface area contributed by atoms with E-state index in [0.717, 1.165) is 30.8 Å². The molecule has 0 radical (unpaired) electrons. The summed E-state index contributed by atoms with van der Waals surface area (Å²) in [6.45, 7) is 0.472. The van der Waals surface area contributed by atoms with Crippen molar-refractivity contribution in [3.8, 4) is 17.3 Å². The lowest BCUT2D eigenvalue weighted by atomic mass is 10.0. The quantitative estimate of drug-likeness (QED) is 0.931. The molecule has 124 valence electrons. The number of halogens is 3. The number of aromatic nitrogens is 3. The van der Waals surface area contributed by atoms with Crippen LogP contribution in [0, 0.1) is 11.3 Å². The summed E-state index contributed by atoms with van der Waals surface area (Å²) in [5.74, 6) is -0.941. The molecule has 1 aliphatic carbocycles. The van der Waals surface area contributed by atoms with Crippen LogP contribution < -0.4 is 5.32 Å². The summed E-state index contributed by atoms with van der Waals surface area (Å²) in [7, 11) is 1.76. The van der Waals surface area contributed by atoms with Crippen molar-refractivity contribution in [3.63, 3.8) is 0 Å². The van der Waals surface area contributed by atoms with Crippen LogP contribution in [0.2, 0.25) is 0 Å². The van der Waals surface area contributed by atoms with E-state index in [4.69, 9.17) is 0 Å². The van der Waals surface area contributed by atoms with Gasteiger partial charge >= 0.3 is 6.18 Å². The summed E-state index contributed by atoms with van der Waals surface area (Å²) in [4.78, 5) is 11.3. The molecule has 0 spiro atoms. The third-order valence-corrected chi connectivity index (χ3v) is 3.77. The van der Waals surface area contributed by atoms with Crippen molar-refractivity contribution < 1.29 is 13.2 Å². The zero-order valence-corrected chi connectivity index (χ0v) is 12.9. The highest BCUT2D eigenvalue weighted by Crippen LogP contribution is 2.42. The molecule has 2 aromatic rings. The molecule has 1 aliphatic rings. The molecule has 0 amide bonds. The maximum atomic E-state index is 12.6. The van der Waals surface area contributed by atoms with Gasteiger partial charge in [-0.2, -0.15) is 18.4 Å². The molecular formula is C16H14F3N5. The van der Waals surface area contributed by atoms with Crippen molar-refractivity contribution in [1.82, 2.24) is 20.3 Å². The van der Waals surface area contributed by atoms with Crippen molar-refractivity contribution >= 4 is 0 Å². The molecule has 1 N–H and O–H groups in total. The second-order valence-corrected chi connectivity index (χ2v) is 5.64. The lowest BCUT2D eigenvalue weighted by Gasteiger charge is -2.12. The zero-order chi connectivity index (χ0) is 17.3. The number of alkyl halides is 3. The largest absolute Gasteiger partial charge is 0.451 e.